The van der Waals surface area contributed by atoms with Gasteiger partial charge in [0.2, 0.25) is 0 Å². The molecule has 4 nitrogen and oxygen atoms in total. The van der Waals surface area contributed by atoms with Gasteiger partial charge in [0.05, 0.1) is 0 Å². The van der Waals surface area contributed by atoms with Gasteiger partial charge < -0.3 is 17.2 Å². The maximum atomic E-state index is 10.3. The maximum Gasteiger partial charge on any atom is 0.316 e. The van der Waals surface area contributed by atoms with Crippen LogP contribution in [-0.4, -0.2) is 6.03 Å². The van der Waals surface area contributed by atoms with Gasteiger partial charge in [0.15, 0.2) is 0 Å². The predicted molar refractivity (Wildman–Crippen MR) is 49.7 cm³/mol. The van der Waals surface area contributed by atoms with Gasteiger partial charge in [-0.3, -0.25) is 0 Å². The molecule has 2 amide bonds. The predicted octanol–water partition coefficient (Wildman–Crippen LogP) is 1.99. The normalized spacial score (nSPS) is 8.42. The van der Waals surface area contributed by atoms with Crippen molar-refractivity contribution < 1.29 is 4.79 Å². The molecule has 1 aromatic carbocycles. The number of rotatable bonds is 1. The lowest BCUT2D eigenvalue weighted by molar-refractivity contribution is 0.259. The number of benzene rings is 1. The minimum Gasteiger partial charge on any atom is -0.351 e. The van der Waals surface area contributed by atoms with E-state index in [2.05, 4.69) is 5.32 Å². The summed E-state index contributed by atoms with van der Waals surface area (Å²) in [6, 6.07) is 6.18. The number of carbonyl (C=O) groups excluding carboxylic acids is 1. The van der Waals surface area contributed by atoms with Gasteiger partial charge in [0.25, 0.3) is 0 Å². The summed E-state index contributed by atoms with van der Waals surface area (Å²) in [7, 11) is 0. The summed E-state index contributed by atoms with van der Waals surface area (Å²) in [4.78, 5) is 10.3. The van der Waals surface area contributed by atoms with Crippen molar-refractivity contribution in [2.45, 2.75) is 0 Å². The number of nitrogens with one attached hydrogen (secondary N) is 1. The van der Waals surface area contributed by atoms with E-state index in [0.717, 1.165) is 0 Å². The van der Waals surface area contributed by atoms with Gasteiger partial charge in [-0.25, -0.2) is 4.79 Å². The lowest BCUT2D eigenvalue weighted by Gasteiger charge is -1.99. The zero-order chi connectivity index (χ0) is 8.27. The van der Waals surface area contributed by atoms with Crippen molar-refractivity contribution in [1.82, 2.24) is 6.15 Å². The van der Waals surface area contributed by atoms with Crippen LogP contribution in [0.2, 0.25) is 5.02 Å². The average Bonchev–Trinajstić information content (AvgIpc) is 1.85. The molecule has 0 atom stereocenters. The number of carbonyl (C=O) groups is 1. The van der Waals surface area contributed by atoms with Gasteiger partial charge in [-0.05, 0) is 18.2 Å². The van der Waals surface area contributed by atoms with E-state index >= 15 is 0 Å². The largest absolute Gasteiger partial charge is 0.351 e. The molecule has 0 saturated heterocycles. The first kappa shape index (κ1) is 10.7. The molecule has 0 unspecified atom stereocenters. The van der Waals surface area contributed by atoms with Crippen LogP contribution in [0.1, 0.15) is 0 Å². The fraction of sp³-hybridized carbons (Fsp3) is 0. The molecule has 0 aliphatic rings. The molecule has 5 heteroatoms. The van der Waals surface area contributed by atoms with Gasteiger partial charge in [-0.15, -0.1) is 0 Å². The molecule has 1 rings (SSSR count). The van der Waals surface area contributed by atoms with Crippen molar-refractivity contribution in [3.63, 3.8) is 0 Å². The van der Waals surface area contributed by atoms with E-state index in [1.807, 2.05) is 0 Å². The number of amides is 2. The Bertz CT molecular complexity index is 277. The van der Waals surface area contributed by atoms with Gasteiger partial charge in [-0.2, -0.15) is 0 Å². The Balaban J connectivity index is 0.00000121. The second kappa shape index (κ2) is 4.58. The molecule has 0 aliphatic carbocycles. The topological polar surface area (TPSA) is 90.1 Å². The van der Waals surface area contributed by atoms with E-state index in [-0.39, 0.29) is 6.15 Å². The van der Waals surface area contributed by atoms with Crippen molar-refractivity contribution in [3.8, 4) is 0 Å². The average molecular weight is 188 g/mol. The van der Waals surface area contributed by atoms with Crippen LogP contribution in [0, 0.1) is 0 Å². The van der Waals surface area contributed by atoms with Gasteiger partial charge in [-0.1, -0.05) is 17.7 Å². The molecule has 0 spiro atoms. The molecule has 6 N–H and O–H groups in total. The summed E-state index contributed by atoms with van der Waals surface area (Å²) in [6.07, 6.45) is 0. The Morgan fingerprint density at radius 1 is 1.50 bits per heavy atom. The quantitative estimate of drug-likeness (QED) is 0.628. The smallest absolute Gasteiger partial charge is 0.316 e. The first-order valence-corrected chi connectivity index (χ1v) is 3.38. The number of urea groups is 1. The molecule has 0 radical (unpaired) electrons. The number of hydrogen-bond acceptors (Lipinski definition) is 2. The second-order valence-electron chi connectivity index (χ2n) is 2.00. The van der Waals surface area contributed by atoms with E-state index in [1.165, 1.54) is 0 Å². The van der Waals surface area contributed by atoms with Gasteiger partial charge >= 0.3 is 6.03 Å². The third kappa shape index (κ3) is 3.23. The van der Waals surface area contributed by atoms with Crippen molar-refractivity contribution in [1.29, 1.82) is 0 Å². The number of nitrogens with two attached hydrogens (primary N) is 1. The Morgan fingerprint density at radius 2 is 2.17 bits per heavy atom. The van der Waals surface area contributed by atoms with Gasteiger partial charge in [0, 0.05) is 10.7 Å². The van der Waals surface area contributed by atoms with Crippen molar-refractivity contribution in [3.05, 3.63) is 29.3 Å². The van der Waals surface area contributed by atoms with Crippen LogP contribution in [0.4, 0.5) is 10.5 Å². The highest BCUT2D eigenvalue weighted by molar-refractivity contribution is 6.30. The SMILES string of the molecule is N.NC(=O)Nc1cccc(Cl)c1. The Labute approximate surface area is 75.3 Å². The standard InChI is InChI=1S/C7H7ClN2O.H3N/c8-5-2-1-3-6(4-5)10-7(9)11;/h1-4H,(H3,9,10,11);1H3. The minimum atomic E-state index is -0.590. The van der Waals surface area contributed by atoms with Gasteiger partial charge in [0.1, 0.15) is 0 Å². The first-order chi connectivity index (χ1) is 5.18. The number of hydrogen-bond donors (Lipinski definition) is 3. The molecular formula is C7H10ClN3O. The van der Waals surface area contributed by atoms with E-state index in [0.29, 0.717) is 10.7 Å². The number of anilines is 1. The minimum absolute atomic E-state index is 0. The molecule has 0 saturated carbocycles. The third-order valence-corrected chi connectivity index (χ3v) is 1.33. The Kier molecular flexibility index (Phi) is 4.10. The second-order valence-corrected chi connectivity index (χ2v) is 2.44. The molecule has 1 aromatic rings. The number of halogens is 1. The van der Waals surface area contributed by atoms with Crippen LogP contribution >= 0.6 is 11.6 Å². The lowest BCUT2D eigenvalue weighted by atomic mass is 10.3. The zero-order valence-corrected chi connectivity index (χ0v) is 7.14. The molecule has 0 fully saturated rings. The highest BCUT2D eigenvalue weighted by atomic mass is 35.5. The van der Waals surface area contributed by atoms with E-state index in [4.69, 9.17) is 17.3 Å². The fourth-order valence-electron chi connectivity index (χ4n) is 0.708. The molecule has 0 heterocycles. The third-order valence-electron chi connectivity index (χ3n) is 1.09. The van der Waals surface area contributed by atoms with Crippen molar-refractivity contribution in [2.75, 3.05) is 5.32 Å². The molecule has 0 aromatic heterocycles. The summed E-state index contributed by atoms with van der Waals surface area (Å²) in [5, 5.41) is 2.97. The summed E-state index contributed by atoms with van der Waals surface area (Å²) in [5.41, 5.74) is 5.48. The monoisotopic (exact) mass is 187 g/mol. The van der Waals surface area contributed by atoms with E-state index < -0.39 is 6.03 Å². The summed E-state index contributed by atoms with van der Waals surface area (Å²) in [6.45, 7) is 0. The molecule has 12 heavy (non-hydrogen) atoms. The highest BCUT2D eigenvalue weighted by Crippen LogP contribution is 2.14. The van der Waals surface area contributed by atoms with Crippen LogP contribution in [0.25, 0.3) is 0 Å². The van der Waals surface area contributed by atoms with Crippen molar-refractivity contribution in [2.24, 2.45) is 5.73 Å². The zero-order valence-electron chi connectivity index (χ0n) is 6.38. The Morgan fingerprint density at radius 3 is 2.67 bits per heavy atom. The van der Waals surface area contributed by atoms with Crippen LogP contribution in [0.5, 0.6) is 0 Å². The maximum absolute atomic E-state index is 10.3. The molecule has 0 aliphatic heterocycles. The molecule has 66 valence electrons. The van der Waals surface area contributed by atoms with E-state index in [1.54, 1.807) is 24.3 Å². The Hall–Kier alpha value is -1.26. The van der Waals surface area contributed by atoms with Crippen LogP contribution in [-0.2, 0) is 0 Å². The lowest BCUT2D eigenvalue weighted by Crippen LogP contribution is -2.19. The number of primary amides is 1. The summed E-state index contributed by atoms with van der Waals surface area (Å²) >= 11 is 5.64. The first-order valence-electron chi connectivity index (χ1n) is 3.00. The molecule has 0 bridgehead atoms. The van der Waals surface area contributed by atoms with Crippen LogP contribution < -0.4 is 17.2 Å². The van der Waals surface area contributed by atoms with Crippen LogP contribution in [0.15, 0.2) is 24.3 Å². The molecular weight excluding hydrogens is 178 g/mol. The van der Waals surface area contributed by atoms with Crippen LogP contribution in [0.3, 0.4) is 0 Å². The fourth-order valence-corrected chi connectivity index (χ4v) is 0.899. The van der Waals surface area contributed by atoms with E-state index in [9.17, 15) is 4.79 Å². The summed E-state index contributed by atoms with van der Waals surface area (Å²) < 4.78 is 0. The highest BCUT2D eigenvalue weighted by Gasteiger charge is 1.94. The van der Waals surface area contributed by atoms with Crippen molar-refractivity contribution >= 4 is 23.3 Å². The summed E-state index contributed by atoms with van der Waals surface area (Å²) in [5.74, 6) is 0.